The van der Waals surface area contributed by atoms with Gasteiger partial charge in [-0.2, -0.15) is 0 Å². The molecule has 0 aromatic heterocycles. The Morgan fingerprint density at radius 2 is 1.62 bits per heavy atom. The lowest BCUT2D eigenvalue weighted by molar-refractivity contribution is 0.251. The van der Waals surface area contributed by atoms with Crippen LogP contribution in [0.25, 0.3) is 0 Å². The van der Waals surface area contributed by atoms with Gasteiger partial charge in [0.05, 0.1) is 0 Å². The molecule has 0 bridgehead atoms. The highest BCUT2D eigenvalue weighted by Crippen LogP contribution is 2.16. The second kappa shape index (κ2) is 14.7. The molecule has 1 unspecified atom stereocenters. The SMILES string of the molecule is CCC(C)/C=C(\C)N.CCCCCN(Cc1ccccc1)Cc1ccccc1N. The van der Waals surface area contributed by atoms with E-state index in [4.69, 9.17) is 11.5 Å². The lowest BCUT2D eigenvalue weighted by Crippen LogP contribution is -2.24. The van der Waals surface area contributed by atoms with Gasteiger partial charge in [-0.15, -0.1) is 0 Å². The summed E-state index contributed by atoms with van der Waals surface area (Å²) in [7, 11) is 0. The van der Waals surface area contributed by atoms with Gasteiger partial charge in [-0.1, -0.05) is 94.6 Å². The van der Waals surface area contributed by atoms with Crippen molar-refractivity contribution < 1.29 is 0 Å². The molecule has 0 fully saturated rings. The third-order valence-corrected chi connectivity index (χ3v) is 4.97. The molecular weight excluding hydrogens is 354 g/mol. The zero-order valence-corrected chi connectivity index (χ0v) is 18.9. The molecule has 160 valence electrons. The van der Waals surface area contributed by atoms with Gasteiger partial charge in [0.15, 0.2) is 0 Å². The van der Waals surface area contributed by atoms with Crippen molar-refractivity contribution in [1.82, 2.24) is 4.90 Å². The highest BCUT2D eigenvalue weighted by atomic mass is 15.1. The van der Waals surface area contributed by atoms with Gasteiger partial charge in [-0.3, -0.25) is 4.90 Å². The molecule has 0 heterocycles. The summed E-state index contributed by atoms with van der Waals surface area (Å²) in [6, 6.07) is 18.9. The van der Waals surface area contributed by atoms with E-state index in [1.807, 2.05) is 19.1 Å². The Bertz CT molecular complexity index is 690. The van der Waals surface area contributed by atoms with Crippen LogP contribution >= 0.6 is 0 Å². The van der Waals surface area contributed by atoms with Gasteiger partial charge in [0.25, 0.3) is 0 Å². The van der Waals surface area contributed by atoms with Crippen LogP contribution in [-0.2, 0) is 13.1 Å². The molecule has 0 amide bonds. The van der Waals surface area contributed by atoms with Crippen LogP contribution in [-0.4, -0.2) is 11.4 Å². The van der Waals surface area contributed by atoms with Crippen LogP contribution in [0.4, 0.5) is 5.69 Å². The zero-order valence-electron chi connectivity index (χ0n) is 18.9. The summed E-state index contributed by atoms with van der Waals surface area (Å²) in [5.41, 5.74) is 15.9. The van der Waals surface area contributed by atoms with Gasteiger partial charge in [0.1, 0.15) is 0 Å². The van der Waals surface area contributed by atoms with Crippen molar-refractivity contribution in [2.45, 2.75) is 66.5 Å². The van der Waals surface area contributed by atoms with E-state index in [0.29, 0.717) is 5.92 Å². The first-order chi connectivity index (χ1) is 14.0. The Morgan fingerprint density at radius 1 is 0.966 bits per heavy atom. The summed E-state index contributed by atoms with van der Waals surface area (Å²) in [6.45, 7) is 11.5. The van der Waals surface area contributed by atoms with Gasteiger partial charge >= 0.3 is 0 Å². The molecule has 2 rings (SSSR count). The fraction of sp³-hybridized carbons (Fsp3) is 0.462. The number of nitrogen functional groups attached to an aromatic ring is 1. The van der Waals surface area contributed by atoms with Crippen LogP contribution in [0, 0.1) is 5.92 Å². The van der Waals surface area contributed by atoms with Crippen molar-refractivity contribution in [1.29, 1.82) is 0 Å². The van der Waals surface area contributed by atoms with E-state index in [1.165, 1.54) is 36.8 Å². The van der Waals surface area contributed by atoms with Crippen LogP contribution in [0.2, 0.25) is 0 Å². The number of hydrogen-bond donors (Lipinski definition) is 2. The molecule has 2 aromatic carbocycles. The first-order valence-electron chi connectivity index (χ1n) is 11.0. The average Bonchev–Trinajstić information content (AvgIpc) is 2.70. The summed E-state index contributed by atoms with van der Waals surface area (Å²) >= 11 is 0. The molecule has 0 aliphatic carbocycles. The maximum Gasteiger partial charge on any atom is 0.0359 e. The molecule has 3 heteroatoms. The van der Waals surface area contributed by atoms with Crippen molar-refractivity contribution in [3.05, 3.63) is 77.5 Å². The number of nitrogens with two attached hydrogens (primary N) is 2. The lowest BCUT2D eigenvalue weighted by atomic mass is 10.1. The summed E-state index contributed by atoms with van der Waals surface area (Å²) in [5.74, 6) is 0.639. The van der Waals surface area contributed by atoms with Crippen LogP contribution < -0.4 is 11.5 Å². The second-order valence-corrected chi connectivity index (χ2v) is 7.90. The topological polar surface area (TPSA) is 55.3 Å². The van der Waals surface area contributed by atoms with Crippen molar-refractivity contribution >= 4 is 5.69 Å². The van der Waals surface area contributed by atoms with Crippen molar-refractivity contribution in [3.63, 3.8) is 0 Å². The molecule has 2 aromatic rings. The Morgan fingerprint density at radius 3 is 2.17 bits per heavy atom. The fourth-order valence-electron chi connectivity index (χ4n) is 3.13. The monoisotopic (exact) mass is 395 g/mol. The Balaban J connectivity index is 0.000000447. The Labute approximate surface area is 178 Å². The first-order valence-corrected chi connectivity index (χ1v) is 11.0. The number of nitrogens with zero attached hydrogens (tertiary/aromatic N) is 1. The number of benzene rings is 2. The van der Waals surface area contributed by atoms with Crippen LogP contribution in [0.15, 0.2) is 66.4 Å². The maximum absolute atomic E-state index is 6.09. The molecule has 0 aliphatic rings. The zero-order chi connectivity index (χ0) is 21.5. The summed E-state index contributed by atoms with van der Waals surface area (Å²) in [4.78, 5) is 2.50. The van der Waals surface area contributed by atoms with Crippen molar-refractivity contribution in [3.8, 4) is 0 Å². The molecule has 0 saturated heterocycles. The number of anilines is 1. The lowest BCUT2D eigenvalue weighted by Gasteiger charge is -2.23. The Hall–Kier alpha value is -2.26. The van der Waals surface area contributed by atoms with Crippen molar-refractivity contribution in [2.24, 2.45) is 11.7 Å². The van der Waals surface area contributed by atoms with E-state index in [0.717, 1.165) is 31.0 Å². The molecule has 0 aliphatic heterocycles. The van der Waals surface area contributed by atoms with E-state index < -0.39 is 0 Å². The average molecular weight is 396 g/mol. The second-order valence-electron chi connectivity index (χ2n) is 7.90. The van der Waals surface area contributed by atoms with E-state index in [-0.39, 0.29) is 0 Å². The minimum absolute atomic E-state index is 0.639. The van der Waals surface area contributed by atoms with Gasteiger partial charge in [0, 0.05) is 24.5 Å². The van der Waals surface area contributed by atoms with Gasteiger partial charge < -0.3 is 11.5 Å². The quantitative estimate of drug-likeness (QED) is 0.364. The summed E-state index contributed by atoms with van der Waals surface area (Å²) in [6.07, 6.45) is 7.05. The van der Waals surface area contributed by atoms with Crippen LogP contribution in [0.1, 0.15) is 64.5 Å². The number of hydrogen-bond acceptors (Lipinski definition) is 3. The van der Waals surface area contributed by atoms with E-state index in [2.05, 4.69) is 74.2 Å². The maximum atomic E-state index is 6.09. The first kappa shape index (κ1) is 24.8. The minimum Gasteiger partial charge on any atom is -0.403 e. The standard InChI is InChI=1S/C19H26N2.C7H15N/c1-2-3-9-14-21(15-17-10-5-4-6-11-17)16-18-12-7-8-13-19(18)20;1-4-6(2)5-7(3)8/h4-8,10-13H,2-3,9,14-16,20H2,1H3;5-6H,4,8H2,1-3H3/b;7-5+. The summed E-state index contributed by atoms with van der Waals surface area (Å²) < 4.78 is 0. The van der Waals surface area contributed by atoms with Gasteiger partial charge in [-0.05, 0) is 43.0 Å². The minimum atomic E-state index is 0.639. The predicted octanol–water partition coefficient (Wildman–Crippen LogP) is 6.36. The number of unbranched alkanes of at least 4 members (excludes halogenated alkanes) is 2. The molecule has 29 heavy (non-hydrogen) atoms. The van der Waals surface area contributed by atoms with E-state index in [1.54, 1.807) is 0 Å². The number of allylic oxidation sites excluding steroid dienone is 2. The van der Waals surface area contributed by atoms with Gasteiger partial charge in [-0.25, -0.2) is 0 Å². The van der Waals surface area contributed by atoms with E-state index >= 15 is 0 Å². The third kappa shape index (κ3) is 11.4. The fourth-order valence-corrected chi connectivity index (χ4v) is 3.13. The molecule has 3 nitrogen and oxygen atoms in total. The molecule has 4 N–H and O–H groups in total. The molecule has 1 atom stereocenters. The number of para-hydroxylation sites is 1. The number of rotatable bonds is 10. The van der Waals surface area contributed by atoms with Crippen LogP contribution in [0.3, 0.4) is 0 Å². The highest BCUT2D eigenvalue weighted by Gasteiger charge is 2.08. The molecule has 0 radical (unpaired) electrons. The molecule has 0 spiro atoms. The normalized spacial score (nSPS) is 12.4. The predicted molar refractivity (Wildman–Crippen MR) is 128 cm³/mol. The van der Waals surface area contributed by atoms with E-state index in [9.17, 15) is 0 Å². The highest BCUT2D eigenvalue weighted by molar-refractivity contribution is 5.46. The van der Waals surface area contributed by atoms with Crippen molar-refractivity contribution in [2.75, 3.05) is 12.3 Å². The Kier molecular flexibility index (Phi) is 12.6. The van der Waals surface area contributed by atoms with Crippen LogP contribution in [0.5, 0.6) is 0 Å². The summed E-state index contributed by atoms with van der Waals surface area (Å²) in [5, 5.41) is 0. The molecule has 0 saturated carbocycles. The van der Waals surface area contributed by atoms with Gasteiger partial charge in [0.2, 0.25) is 0 Å². The smallest absolute Gasteiger partial charge is 0.0359 e. The third-order valence-electron chi connectivity index (χ3n) is 4.97. The largest absolute Gasteiger partial charge is 0.403 e. The molecular formula is C26H41N3.